The summed E-state index contributed by atoms with van der Waals surface area (Å²) in [6.45, 7) is 4.33. The van der Waals surface area contributed by atoms with Crippen molar-refractivity contribution in [3.63, 3.8) is 0 Å². The number of piperidine rings is 1. The van der Waals surface area contributed by atoms with Gasteiger partial charge in [0.2, 0.25) is 16.2 Å². The third-order valence-corrected chi connectivity index (χ3v) is 6.48. The van der Waals surface area contributed by atoms with Gasteiger partial charge in [-0.2, -0.15) is 0 Å². The first-order valence-electron chi connectivity index (χ1n) is 8.98. The van der Waals surface area contributed by atoms with Gasteiger partial charge in [0, 0.05) is 47.8 Å². The van der Waals surface area contributed by atoms with Crippen LogP contribution in [0.15, 0.2) is 47.3 Å². The standard InChI is InChI=1S/C18H24N4O4S/c1-14(2)27(24,25)20-16-8-11-21(12-9-16)18(23)19-15-4-6-17(7-5-15)22-10-3-13-26-22/h3-7,10,13-14,16,20H,8-9,11-12H2,1-2H3/p+1. The van der Waals surface area contributed by atoms with E-state index in [-0.39, 0.29) is 12.1 Å². The van der Waals surface area contributed by atoms with Crippen molar-refractivity contribution in [1.82, 2.24) is 9.62 Å². The number of benzene rings is 1. The van der Waals surface area contributed by atoms with E-state index in [0.717, 1.165) is 5.69 Å². The van der Waals surface area contributed by atoms with Gasteiger partial charge in [0.05, 0.1) is 5.25 Å². The molecule has 2 N–H and O–H groups in total. The van der Waals surface area contributed by atoms with Crippen LogP contribution in [0.4, 0.5) is 10.5 Å². The van der Waals surface area contributed by atoms with E-state index in [1.54, 1.807) is 42.0 Å². The van der Waals surface area contributed by atoms with E-state index in [0.29, 0.717) is 31.6 Å². The molecule has 146 valence electrons. The van der Waals surface area contributed by atoms with Crippen LogP contribution < -0.4 is 14.8 Å². The Kier molecular flexibility index (Phi) is 5.81. The number of urea groups is 1. The summed E-state index contributed by atoms with van der Waals surface area (Å²) in [4.78, 5) is 14.1. The smallest absolute Gasteiger partial charge is 0.321 e. The van der Waals surface area contributed by atoms with Gasteiger partial charge in [0.15, 0.2) is 6.26 Å². The quantitative estimate of drug-likeness (QED) is 0.758. The minimum Gasteiger partial charge on any atom is -0.324 e. The second kappa shape index (κ2) is 8.10. The highest BCUT2D eigenvalue weighted by Gasteiger charge is 2.27. The Balaban J connectivity index is 1.51. The van der Waals surface area contributed by atoms with Gasteiger partial charge in [-0.3, -0.25) is 0 Å². The maximum atomic E-state index is 12.4. The molecule has 0 aliphatic carbocycles. The molecule has 3 rings (SSSR count). The molecule has 1 aromatic carbocycles. The number of nitrogens with zero attached hydrogens (tertiary/aromatic N) is 2. The molecule has 1 aliphatic heterocycles. The minimum atomic E-state index is -3.29. The summed E-state index contributed by atoms with van der Waals surface area (Å²) < 4.78 is 33.5. The van der Waals surface area contributed by atoms with Crippen LogP contribution in [-0.4, -0.2) is 43.7 Å². The molecule has 2 amide bonds. The highest BCUT2D eigenvalue weighted by molar-refractivity contribution is 7.90. The molecule has 0 bridgehead atoms. The van der Waals surface area contributed by atoms with Crippen molar-refractivity contribution >= 4 is 21.7 Å². The molecule has 1 saturated heterocycles. The van der Waals surface area contributed by atoms with E-state index in [9.17, 15) is 13.2 Å². The van der Waals surface area contributed by atoms with Gasteiger partial charge >= 0.3 is 6.03 Å². The first-order valence-corrected chi connectivity index (χ1v) is 10.5. The Morgan fingerprint density at radius 2 is 1.89 bits per heavy atom. The average Bonchev–Trinajstić information content (AvgIpc) is 3.17. The number of hydrogen-bond acceptors (Lipinski definition) is 4. The molecule has 27 heavy (non-hydrogen) atoms. The van der Waals surface area contributed by atoms with Crippen molar-refractivity contribution in [2.24, 2.45) is 0 Å². The Bertz CT molecular complexity index is 855. The van der Waals surface area contributed by atoms with Crippen LogP contribution in [0.2, 0.25) is 0 Å². The zero-order valence-electron chi connectivity index (χ0n) is 15.5. The third kappa shape index (κ3) is 4.86. The summed E-state index contributed by atoms with van der Waals surface area (Å²) >= 11 is 0. The van der Waals surface area contributed by atoms with E-state index in [2.05, 4.69) is 10.0 Å². The fraction of sp³-hybridized carbons (Fsp3) is 0.444. The van der Waals surface area contributed by atoms with Gasteiger partial charge in [-0.05, 0) is 38.8 Å². The zero-order chi connectivity index (χ0) is 19.4. The molecule has 2 aromatic rings. The van der Waals surface area contributed by atoms with Gasteiger partial charge in [-0.15, -0.1) is 0 Å². The van der Waals surface area contributed by atoms with Gasteiger partial charge in [0.25, 0.3) is 5.69 Å². The summed E-state index contributed by atoms with van der Waals surface area (Å²) in [6, 6.07) is 8.82. The molecule has 0 unspecified atom stereocenters. The predicted molar refractivity (Wildman–Crippen MR) is 101 cm³/mol. The van der Waals surface area contributed by atoms with Crippen molar-refractivity contribution in [2.75, 3.05) is 18.4 Å². The topological polar surface area (TPSA) is 95.5 Å². The Morgan fingerprint density at radius 1 is 1.22 bits per heavy atom. The Morgan fingerprint density at radius 3 is 2.44 bits per heavy atom. The van der Waals surface area contributed by atoms with Crippen molar-refractivity contribution in [3.05, 3.63) is 42.8 Å². The number of carbonyl (C=O) groups excluding carboxylic acids is 1. The molecule has 1 aromatic heterocycles. The van der Waals surface area contributed by atoms with Crippen LogP contribution in [-0.2, 0) is 10.0 Å². The van der Waals surface area contributed by atoms with E-state index in [4.69, 9.17) is 4.52 Å². The van der Waals surface area contributed by atoms with Crippen LogP contribution in [0.1, 0.15) is 26.7 Å². The lowest BCUT2D eigenvalue weighted by molar-refractivity contribution is -0.784. The van der Waals surface area contributed by atoms with Crippen LogP contribution in [0.25, 0.3) is 5.69 Å². The van der Waals surface area contributed by atoms with E-state index in [1.807, 2.05) is 24.3 Å². The van der Waals surface area contributed by atoms with E-state index < -0.39 is 15.3 Å². The maximum Gasteiger partial charge on any atom is 0.321 e. The first kappa shape index (κ1) is 19.4. The number of rotatable bonds is 5. The average molecular weight is 393 g/mol. The van der Waals surface area contributed by atoms with Crippen LogP contribution in [0.3, 0.4) is 0 Å². The minimum absolute atomic E-state index is 0.119. The Labute approximate surface area is 159 Å². The van der Waals surface area contributed by atoms with Gasteiger partial charge < -0.3 is 10.2 Å². The van der Waals surface area contributed by atoms with Crippen molar-refractivity contribution in [3.8, 4) is 5.69 Å². The maximum absolute atomic E-state index is 12.4. The summed E-state index contributed by atoms with van der Waals surface area (Å²) in [6.07, 6.45) is 4.59. The fourth-order valence-electron chi connectivity index (χ4n) is 2.86. The van der Waals surface area contributed by atoms with Crippen LogP contribution >= 0.6 is 0 Å². The predicted octanol–water partition coefficient (Wildman–Crippen LogP) is 1.88. The molecular weight excluding hydrogens is 368 g/mol. The highest BCUT2D eigenvalue weighted by Crippen LogP contribution is 2.15. The summed E-state index contributed by atoms with van der Waals surface area (Å²) in [5, 5.41) is 2.42. The van der Waals surface area contributed by atoms with Gasteiger partial charge in [-0.25, -0.2) is 22.5 Å². The van der Waals surface area contributed by atoms with E-state index >= 15 is 0 Å². The molecule has 1 fully saturated rings. The van der Waals surface area contributed by atoms with Crippen LogP contribution in [0, 0.1) is 0 Å². The molecule has 8 nitrogen and oxygen atoms in total. The summed E-state index contributed by atoms with van der Waals surface area (Å²) in [5.41, 5.74) is 1.55. The normalized spacial score (nSPS) is 15.9. The van der Waals surface area contributed by atoms with Crippen LogP contribution in [0.5, 0.6) is 0 Å². The lowest BCUT2D eigenvalue weighted by Gasteiger charge is -2.32. The lowest BCUT2D eigenvalue weighted by Crippen LogP contribution is -2.48. The molecule has 0 atom stereocenters. The number of anilines is 1. The number of hydrogen-bond donors (Lipinski definition) is 2. The molecule has 0 saturated carbocycles. The largest absolute Gasteiger partial charge is 0.324 e. The molecule has 2 heterocycles. The number of likely N-dealkylation sites (tertiary alicyclic amines) is 1. The SMILES string of the molecule is CC(C)S(=O)(=O)NC1CCN(C(=O)Nc2ccc(-[n+]3ccco3)cc2)CC1. The van der Waals surface area contributed by atoms with Crippen molar-refractivity contribution in [2.45, 2.75) is 38.0 Å². The molecule has 9 heteroatoms. The van der Waals surface area contributed by atoms with Crippen molar-refractivity contribution < 1.29 is 22.5 Å². The number of sulfonamides is 1. The molecule has 1 aliphatic rings. The summed E-state index contributed by atoms with van der Waals surface area (Å²) in [7, 11) is -3.29. The third-order valence-electron chi connectivity index (χ3n) is 4.58. The first-order chi connectivity index (χ1) is 12.8. The highest BCUT2D eigenvalue weighted by atomic mass is 32.2. The van der Waals surface area contributed by atoms with E-state index in [1.165, 1.54) is 0 Å². The van der Waals surface area contributed by atoms with Crippen molar-refractivity contribution in [1.29, 1.82) is 0 Å². The number of nitrogens with one attached hydrogen (secondary N) is 2. The second-order valence-corrected chi connectivity index (χ2v) is 9.13. The monoisotopic (exact) mass is 393 g/mol. The lowest BCUT2D eigenvalue weighted by atomic mass is 10.1. The molecule has 0 spiro atoms. The fourth-order valence-corrected chi connectivity index (χ4v) is 3.83. The molecular formula is C18H25N4O4S+. The number of amides is 2. The van der Waals surface area contributed by atoms with Gasteiger partial charge in [0.1, 0.15) is 0 Å². The zero-order valence-corrected chi connectivity index (χ0v) is 16.3. The second-order valence-electron chi connectivity index (χ2n) is 6.86. The van der Waals surface area contributed by atoms with Gasteiger partial charge in [-0.1, -0.05) is 0 Å². The Hall–Kier alpha value is -2.39. The number of aromatic nitrogens is 1. The number of carbonyl (C=O) groups is 1. The summed E-state index contributed by atoms with van der Waals surface area (Å²) in [5.74, 6) is 0. The molecule has 0 radical (unpaired) electrons.